The van der Waals surface area contributed by atoms with Crippen molar-refractivity contribution in [2.75, 3.05) is 14.1 Å². The number of hydrogen-bond donors (Lipinski definition) is 0. The first-order valence-electron chi connectivity index (χ1n) is 7.32. The molecule has 0 aliphatic rings. The zero-order valence-corrected chi connectivity index (χ0v) is 15.4. The predicted molar refractivity (Wildman–Crippen MR) is 91.8 cm³/mol. The van der Waals surface area contributed by atoms with Crippen molar-refractivity contribution in [1.82, 2.24) is 4.90 Å². The molecule has 0 amide bonds. The maximum absolute atomic E-state index is 12.5. The van der Waals surface area contributed by atoms with Gasteiger partial charge in [-0.3, -0.25) is 4.79 Å². The van der Waals surface area contributed by atoms with Crippen LogP contribution in [0, 0.1) is 0 Å². The van der Waals surface area contributed by atoms with Crippen molar-refractivity contribution in [3.63, 3.8) is 0 Å². The van der Waals surface area contributed by atoms with Crippen LogP contribution in [-0.4, -0.2) is 33.8 Å². The fraction of sp³-hybridized carbons (Fsp3) is 0.471. The molecule has 0 spiro atoms. The molecule has 1 rings (SSSR count). The third kappa shape index (κ3) is 5.05. The summed E-state index contributed by atoms with van der Waals surface area (Å²) in [5, 5.41) is 0. The number of benzene rings is 1. The fourth-order valence-corrected chi connectivity index (χ4v) is 2.72. The SMILES string of the molecule is CN(C)/C=C/C(=O)c1cccc(C(C)(C)C)c1O[SiH](C)C. The summed E-state index contributed by atoms with van der Waals surface area (Å²) in [6, 6.07) is 5.84. The van der Waals surface area contributed by atoms with Crippen LogP contribution in [0.5, 0.6) is 5.75 Å². The number of carbonyl (C=O) groups excluding carboxylic acids is 1. The summed E-state index contributed by atoms with van der Waals surface area (Å²) >= 11 is 0. The highest BCUT2D eigenvalue weighted by Gasteiger charge is 2.23. The first kappa shape index (κ1) is 17.5. The van der Waals surface area contributed by atoms with Crippen molar-refractivity contribution < 1.29 is 9.22 Å². The van der Waals surface area contributed by atoms with E-state index in [9.17, 15) is 4.79 Å². The maximum atomic E-state index is 12.5. The minimum absolute atomic E-state index is 0.0144. The van der Waals surface area contributed by atoms with E-state index in [1.54, 1.807) is 12.3 Å². The molecular weight excluding hydrogens is 278 g/mol. The molecule has 1 aromatic rings. The van der Waals surface area contributed by atoms with Gasteiger partial charge < -0.3 is 9.33 Å². The Morgan fingerprint density at radius 3 is 2.33 bits per heavy atom. The molecule has 21 heavy (non-hydrogen) atoms. The van der Waals surface area contributed by atoms with Gasteiger partial charge in [0, 0.05) is 26.4 Å². The lowest BCUT2D eigenvalue weighted by molar-refractivity contribution is 0.104. The molecule has 3 nitrogen and oxygen atoms in total. The third-order valence-electron chi connectivity index (χ3n) is 2.97. The Balaban J connectivity index is 3.34. The Bertz CT molecular complexity index is 528. The highest BCUT2D eigenvalue weighted by Crippen LogP contribution is 2.34. The van der Waals surface area contributed by atoms with Crippen molar-refractivity contribution in [1.29, 1.82) is 0 Å². The third-order valence-corrected chi connectivity index (χ3v) is 3.67. The fourth-order valence-electron chi connectivity index (χ4n) is 1.99. The van der Waals surface area contributed by atoms with E-state index >= 15 is 0 Å². The lowest BCUT2D eigenvalue weighted by atomic mass is 9.85. The van der Waals surface area contributed by atoms with Gasteiger partial charge in [-0.05, 0) is 30.1 Å². The minimum atomic E-state index is -1.29. The van der Waals surface area contributed by atoms with Crippen molar-refractivity contribution in [2.24, 2.45) is 0 Å². The van der Waals surface area contributed by atoms with E-state index in [1.165, 1.54) is 0 Å². The number of allylic oxidation sites excluding steroid dienone is 1. The summed E-state index contributed by atoms with van der Waals surface area (Å²) in [5.74, 6) is 0.750. The molecule has 116 valence electrons. The normalized spacial score (nSPS) is 12.0. The molecule has 0 saturated carbocycles. The number of nitrogens with zero attached hydrogens (tertiary/aromatic N) is 1. The number of ketones is 1. The smallest absolute Gasteiger partial charge is 0.229 e. The second kappa shape index (κ2) is 6.94. The van der Waals surface area contributed by atoms with E-state index in [4.69, 9.17) is 4.43 Å². The van der Waals surface area contributed by atoms with Crippen molar-refractivity contribution in [3.8, 4) is 5.75 Å². The molecule has 0 aromatic heterocycles. The topological polar surface area (TPSA) is 29.5 Å². The molecule has 4 heteroatoms. The molecule has 0 aliphatic carbocycles. The number of para-hydroxylation sites is 1. The van der Waals surface area contributed by atoms with Crippen molar-refractivity contribution >= 4 is 14.8 Å². The molecule has 0 fully saturated rings. The van der Waals surface area contributed by atoms with Crippen LogP contribution >= 0.6 is 0 Å². The summed E-state index contributed by atoms with van der Waals surface area (Å²) in [4.78, 5) is 14.3. The van der Waals surface area contributed by atoms with Crippen molar-refractivity contribution in [3.05, 3.63) is 41.6 Å². The molecular formula is C17H27NO2Si. The minimum Gasteiger partial charge on any atom is -0.546 e. The van der Waals surface area contributed by atoms with E-state index in [2.05, 4.69) is 39.9 Å². The van der Waals surface area contributed by atoms with Gasteiger partial charge in [-0.1, -0.05) is 32.9 Å². The van der Waals surface area contributed by atoms with E-state index in [0.717, 1.165) is 11.3 Å². The summed E-state index contributed by atoms with van der Waals surface area (Å²) in [5.41, 5.74) is 1.69. The van der Waals surface area contributed by atoms with Gasteiger partial charge in [-0.25, -0.2) is 0 Å². The summed E-state index contributed by atoms with van der Waals surface area (Å²) in [7, 11) is 2.50. The Kier molecular flexibility index (Phi) is 5.78. The standard InChI is InChI=1S/C17H27NO2Si/c1-17(2,3)14-10-8-9-13(16(14)20-21(6)7)15(19)11-12-18(4)5/h8-12,21H,1-7H3/b12-11+. The zero-order valence-electron chi connectivity index (χ0n) is 14.2. The molecule has 0 radical (unpaired) electrons. The maximum Gasteiger partial charge on any atom is 0.229 e. The molecule has 0 unspecified atom stereocenters. The average molecular weight is 305 g/mol. The monoisotopic (exact) mass is 305 g/mol. The molecule has 0 saturated heterocycles. The molecule has 0 N–H and O–H groups in total. The summed E-state index contributed by atoms with van der Waals surface area (Å²) < 4.78 is 6.10. The van der Waals surface area contributed by atoms with Crippen molar-refractivity contribution in [2.45, 2.75) is 39.3 Å². The second-order valence-electron chi connectivity index (χ2n) is 6.74. The number of rotatable bonds is 5. The van der Waals surface area contributed by atoms with Crippen LogP contribution in [0.2, 0.25) is 13.1 Å². The lowest BCUT2D eigenvalue weighted by Gasteiger charge is -2.25. The van der Waals surface area contributed by atoms with E-state index < -0.39 is 9.04 Å². The first-order valence-corrected chi connectivity index (χ1v) is 10.1. The Morgan fingerprint density at radius 1 is 1.24 bits per heavy atom. The zero-order chi connectivity index (χ0) is 16.2. The first-order chi connectivity index (χ1) is 9.62. The molecule has 0 aliphatic heterocycles. The highest BCUT2D eigenvalue weighted by atomic mass is 28.3. The van der Waals surface area contributed by atoms with Crippen LogP contribution in [0.25, 0.3) is 0 Å². The molecule has 0 heterocycles. The van der Waals surface area contributed by atoms with Crippen LogP contribution in [0.4, 0.5) is 0 Å². The molecule has 0 bridgehead atoms. The largest absolute Gasteiger partial charge is 0.546 e. The van der Waals surface area contributed by atoms with Gasteiger partial charge >= 0.3 is 0 Å². The summed E-state index contributed by atoms with van der Waals surface area (Å²) in [6.07, 6.45) is 3.36. The quantitative estimate of drug-likeness (QED) is 0.473. The Hall–Kier alpha value is -1.55. The average Bonchev–Trinajstić information content (AvgIpc) is 2.34. The van der Waals surface area contributed by atoms with Gasteiger partial charge in [0.1, 0.15) is 5.75 Å². The van der Waals surface area contributed by atoms with E-state index in [-0.39, 0.29) is 11.2 Å². The van der Waals surface area contributed by atoms with Crippen LogP contribution in [0.15, 0.2) is 30.5 Å². The summed E-state index contributed by atoms with van der Waals surface area (Å²) in [6.45, 7) is 10.6. The number of hydrogen-bond acceptors (Lipinski definition) is 3. The highest BCUT2D eigenvalue weighted by molar-refractivity contribution is 6.49. The predicted octanol–water partition coefficient (Wildman–Crippen LogP) is 3.60. The lowest BCUT2D eigenvalue weighted by Crippen LogP contribution is -2.20. The molecule has 0 atom stereocenters. The van der Waals surface area contributed by atoms with E-state index in [1.807, 2.05) is 31.1 Å². The Morgan fingerprint density at radius 2 is 1.86 bits per heavy atom. The van der Waals surface area contributed by atoms with Gasteiger partial charge in [0.05, 0.1) is 5.56 Å². The van der Waals surface area contributed by atoms with Crippen LogP contribution in [0.3, 0.4) is 0 Å². The number of carbonyl (C=O) groups is 1. The van der Waals surface area contributed by atoms with Crippen LogP contribution < -0.4 is 4.43 Å². The Labute approximate surface area is 130 Å². The molecule has 1 aromatic carbocycles. The second-order valence-corrected chi connectivity index (χ2v) is 9.08. The van der Waals surface area contributed by atoms with Gasteiger partial charge in [-0.2, -0.15) is 0 Å². The van der Waals surface area contributed by atoms with Gasteiger partial charge in [0.15, 0.2) is 5.78 Å². The van der Waals surface area contributed by atoms with Gasteiger partial charge in [0.2, 0.25) is 9.04 Å². The van der Waals surface area contributed by atoms with Gasteiger partial charge in [0.25, 0.3) is 0 Å². The van der Waals surface area contributed by atoms with Crippen LogP contribution in [-0.2, 0) is 5.41 Å². The van der Waals surface area contributed by atoms with E-state index in [0.29, 0.717) is 5.56 Å². The van der Waals surface area contributed by atoms with Crippen LogP contribution in [0.1, 0.15) is 36.7 Å². The van der Waals surface area contributed by atoms with Gasteiger partial charge in [-0.15, -0.1) is 0 Å².